The molecular weight excluding hydrogens is 330 g/mol. The molecule has 128 valence electrons. The van der Waals surface area contributed by atoms with Gasteiger partial charge in [-0.3, -0.25) is 10.1 Å². The van der Waals surface area contributed by atoms with Gasteiger partial charge in [-0.15, -0.1) is 0 Å². The van der Waals surface area contributed by atoms with Crippen LogP contribution in [0.2, 0.25) is 0 Å². The van der Waals surface area contributed by atoms with Gasteiger partial charge in [0, 0.05) is 18.1 Å². The lowest BCUT2D eigenvalue weighted by atomic mass is 9.53. The molecule has 3 rings (SSSR count). The fourth-order valence-electron chi connectivity index (χ4n) is 4.19. The summed E-state index contributed by atoms with van der Waals surface area (Å²) in [4.78, 5) is 10.4. The van der Waals surface area contributed by atoms with E-state index in [0.29, 0.717) is 12.0 Å². The summed E-state index contributed by atoms with van der Waals surface area (Å²) >= 11 is 0. The molecule has 0 saturated heterocycles. The molecule has 0 radical (unpaired) electrons. The summed E-state index contributed by atoms with van der Waals surface area (Å²) in [5, 5.41) is 48.6. The Balaban J connectivity index is 2.21. The van der Waals surface area contributed by atoms with Crippen molar-refractivity contribution in [2.75, 3.05) is 0 Å². The number of fused-ring (bicyclic) bond motifs is 1. The van der Waals surface area contributed by atoms with Crippen LogP contribution in [-0.4, -0.2) is 10.6 Å². The molecule has 1 aromatic carbocycles. The van der Waals surface area contributed by atoms with Gasteiger partial charge in [0.25, 0.3) is 5.69 Å². The zero-order chi connectivity index (χ0) is 18.9. The zero-order valence-corrected chi connectivity index (χ0v) is 13.8. The van der Waals surface area contributed by atoms with Crippen LogP contribution in [0.15, 0.2) is 35.9 Å². The number of non-ortho nitro benzene ring substituents is 1. The number of allylic oxidation sites excluding steroid dienone is 2. The smallest absolute Gasteiger partial charge is 0.269 e. The molecule has 0 unspecified atom stereocenters. The SMILES string of the molecule is N#C[C@@H]1C(=N)C(C#N)(C#N)[C@@H](c2ccc([N+](=O)[O-])cc2)[C@H]2CCCC=C12. The molecule has 0 aliphatic heterocycles. The molecule has 1 aromatic rings. The predicted molar refractivity (Wildman–Crippen MR) is 91.8 cm³/mol. The van der Waals surface area contributed by atoms with Gasteiger partial charge < -0.3 is 5.41 Å². The number of rotatable bonds is 2. The molecule has 2 aliphatic rings. The monoisotopic (exact) mass is 345 g/mol. The summed E-state index contributed by atoms with van der Waals surface area (Å²) < 4.78 is 0. The highest BCUT2D eigenvalue weighted by atomic mass is 16.6. The molecule has 1 fully saturated rings. The van der Waals surface area contributed by atoms with Crippen molar-refractivity contribution in [3.8, 4) is 18.2 Å². The Kier molecular flexibility index (Phi) is 4.28. The average Bonchev–Trinajstić information content (AvgIpc) is 2.67. The topological polar surface area (TPSA) is 138 Å². The average molecular weight is 345 g/mol. The van der Waals surface area contributed by atoms with E-state index < -0.39 is 22.2 Å². The van der Waals surface area contributed by atoms with E-state index in [2.05, 4.69) is 6.07 Å². The first kappa shape index (κ1) is 17.3. The molecular formula is C19H15N5O2. The van der Waals surface area contributed by atoms with E-state index in [-0.39, 0.29) is 17.3 Å². The second-order valence-electron chi connectivity index (χ2n) is 6.58. The fourth-order valence-corrected chi connectivity index (χ4v) is 4.19. The van der Waals surface area contributed by atoms with Crippen LogP contribution >= 0.6 is 0 Å². The summed E-state index contributed by atoms with van der Waals surface area (Å²) in [6.45, 7) is 0. The molecule has 7 nitrogen and oxygen atoms in total. The second-order valence-corrected chi connectivity index (χ2v) is 6.58. The molecule has 0 aromatic heterocycles. The van der Waals surface area contributed by atoms with Crippen LogP contribution in [0.5, 0.6) is 0 Å². The van der Waals surface area contributed by atoms with Crippen molar-refractivity contribution in [2.24, 2.45) is 17.3 Å². The van der Waals surface area contributed by atoms with Gasteiger partial charge in [-0.1, -0.05) is 18.2 Å². The Labute approximate surface area is 150 Å². The normalized spacial score (nSPS) is 26.4. The van der Waals surface area contributed by atoms with Crippen molar-refractivity contribution >= 4 is 11.4 Å². The largest absolute Gasteiger partial charge is 0.305 e. The Morgan fingerprint density at radius 1 is 1.19 bits per heavy atom. The highest BCUT2D eigenvalue weighted by Gasteiger charge is 2.57. The van der Waals surface area contributed by atoms with Crippen molar-refractivity contribution in [1.82, 2.24) is 0 Å². The first-order valence-electron chi connectivity index (χ1n) is 8.25. The molecule has 0 spiro atoms. The van der Waals surface area contributed by atoms with E-state index in [0.717, 1.165) is 18.4 Å². The third-order valence-corrected chi connectivity index (χ3v) is 5.39. The lowest BCUT2D eigenvalue weighted by Crippen LogP contribution is -2.48. The molecule has 26 heavy (non-hydrogen) atoms. The Hall–Kier alpha value is -3.50. The van der Waals surface area contributed by atoms with Crippen LogP contribution in [-0.2, 0) is 0 Å². The van der Waals surface area contributed by atoms with E-state index in [1.54, 1.807) is 12.1 Å². The minimum Gasteiger partial charge on any atom is -0.305 e. The maximum Gasteiger partial charge on any atom is 0.269 e. The van der Waals surface area contributed by atoms with Crippen LogP contribution in [0, 0.1) is 66.8 Å². The molecule has 0 heterocycles. The molecule has 7 heteroatoms. The summed E-state index contributed by atoms with van der Waals surface area (Å²) in [6.07, 6.45) is 4.34. The first-order chi connectivity index (χ1) is 12.5. The van der Waals surface area contributed by atoms with Gasteiger partial charge in [-0.25, -0.2) is 0 Å². The maximum atomic E-state index is 10.9. The molecule has 1 N–H and O–H groups in total. The lowest BCUT2D eigenvalue weighted by molar-refractivity contribution is -0.384. The highest BCUT2D eigenvalue weighted by molar-refractivity contribution is 6.00. The van der Waals surface area contributed by atoms with E-state index in [4.69, 9.17) is 5.41 Å². The standard InChI is InChI=1S/C19H15N5O2/c20-9-16-14-3-1-2-4-15(14)17(19(10-21,11-22)18(16)23)12-5-7-13(8-6-12)24(25)26/h3,5-8,15-17,23H,1-2,4H2/t15-,16-,17-/m0/s1. The number of hydrogen-bond acceptors (Lipinski definition) is 6. The Morgan fingerprint density at radius 2 is 1.85 bits per heavy atom. The quantitative estimate of drug-likeness (QED) is 0.495. The third-order valence-electron chi connectivity index (χ3n) is 5.39. The van der Waals surface area contributed by atoms with Crippen LogP contribution < -0.4 is 0 Å². The Bertz CT molecular complexity index is 913. The highest BCUT2D eigenvalue weighted by Crippen LogP contribution is 2.55. The van der Waals surface area contributed by atoms with Crippen LogP contribution in [0.4, 0.5) is 5.69 Å². The molecule has 1 saturated carbocycles. The molecule has 0 amide bonds. The Morgan fingerprint density at radius 3 is 2.38 bits per heavy atom. The minimum atomic E-state index is -1.75. The predicted octanol–water partition coefficient (Wildman–Crippen LogP) is 3.61. The van der Waals surface area contributed by atoms with Gasteiger partial charge in [-0.05, 0) is 36.3 Å². The number of nitriles is 3. The van der Waals surface area contributed by atoms with Crippen molar-refractivity contribution in [2.45, 2.75) is 25.2 Å². The fraction of sp³-hybridized carbons (Fsp3) is 0.368. The molecule has 2 aliphatic carbocycles. The first-order valence-corrected chi connectivity index (χ1v) is 8.25. The minimum absolute atomic E-state index is 0.0755. The van der Waals surface area contributed by atoms with Crippen LogP contribution in [0.1, 0.15) is 30.7 Å². The summed E-state index contributed by atoms with van der Waals surface area (Å²) in [6, 6.07) is 11.9. The van der Waals surface area contributed by atoms with Crippen molar-refractivity contribution in [3.63, 3.8) is 0 Å². The van der Waals surface area contributed by atoms with Crippen molar-refractivity contribution in [3.05, 3.63) is 51.6 Å². The van der Waals surface area contributed by atoms with Crippen molar-refractivity contribution < 1.29 is 4.92 Å². The van der Waals surface area contributed by atoms with Crippen LogP contribution in [0.25, 0.3) is 0 Å². The number of benzene rings is 1. The number of nitro benzene ring substituents is 1. The van der Waals surface area contributed by atoms with Crippen LogP contribution in [0.3, 0.4) is 0 Å². The van der Waals surface area contributed by atoms with Crippen molar-refractivity contribution in [1.29, 1.82) is 21.2 Å². The molecule has 0 bridgehead atoms. The maximum absolute atomic E-state index is 10.9. The van der Waals surface area contributed by atoms with Gasteiger partial charge in [0.1, 0.15) is 5.92 Å². The number of nitrogens with one attached hydrogen (secondary N) is 1. The summed E-state index contributed by atoms with van der Waals surface area (Å²) in [5.41, 5.74) is -0.618. The van der Waals surface area contributed by atoms with Gasteiger partial charge in [0.15, 0.2) is 5.41 Å². The summed E-state index contributed by atoms with van der Waals surface area (Å²) in [5.74, 6) is -1.70. The third kappa shape index (κ3) is 2.36. The second kappa shape index (κ2) is 6.43. The molecule has 3 atom stereocenters. The zero-order valence-electron chi connectivity index (χ0n) is 13.8. The van der Waals surface area contributed by atoms with E-state index in [1.807, 2.05) is 18.2 Å². The summed E-state index contributed by atoms with van der Waals surface area (Å²) in [7, 11) is 0. The lowest BCUT2D eigenvalue weighted by Gasteiger charge is -2.45. The van der Waals surface area contributed by atoms with Gasteiger partial charge >= 0.3 is 0 Å². The van der Waals surface area contributed by atoms with Gasteiger partial charge in [0.2, 0.25) is 0 Å². The van der Waals surface area contributed by atoms with Gasteiger partial charge in [0.05, 0.1) is 28.8 Å². The van der Waals surface area contributed by atoms with E-state index in [1.165, 1.54) is 12.1 Å². The number of nitrogens with zero attached hydrogens (tertiary/aromatic N) is 4. The van der Waals surface area contributed by atoms with E-state index in [9.17, 15) is 25.9 Å². The van der Waals surface area contributed by atoms with Gasteiger partial charge in [-0.2, -0.15) is 15.8 Å². The number of nitro groups is 1. The van der Waals surface area contributed by atoms with E-state index >= 15 is 0 Å². The number of hydrogen-bond donors (Lipinski definition) is 1.